The van der Waals surface area contributed by atoms with Gasteiger partial charge in [-0.2, -0.15) is 0 Å². The predicted octanol–water partition coefficient (Wildman–Crippen LogP) is 2.92. The highest BCUT2D eigenvalue weighted by molar-refractivity contribution is 5.95. The summed E-state index contributed by atoms with van der Waals surface area (Å²) in [4.78, 5) is 26.2. The number of nitrogens with zero attached hydrogens (tertiary/aromatic N) is 1. The molecule has 2 rings (SSSR count). The zero-order valence-electron chi connectivity index (χ0n) is 16.8. The van der Waals surface area contributed by atoms with E-state index in [-0.39, 0.29) is 12.1 Å². The van der Waals surface area contributed by atoms with E-state index in [4.69, 9.17) is 0 Å². The Labute approximate surface area is 169 Å². The third-order valence-electron chi connectivity index (χ3n) is 4.57. The van der Waals surface area contributed by atoms with Crippen LogP contribution in [0.2, 0.25) is 0 Å². The summed E-state index contributed by atoms with van der Waals surface area (Å²) in [6.45, 7) is 7.34. The van der Waals surface area contributed by atoms with Gasteiger partial charge in [-0.05, 0) is 51.1 Å². The summed E-state index contributed by atoms with van der Waals surface area (Å²) in [5, 5.41) is 2.82. The molecule has 0 aliphatic rings. The van der Waals surface area contributed by atoms with Crippen LogP contribution >= 0.6 is 0 Å². The summed E-state index contributed by atoms with van der Waals surface area (Å²) >= 11 is 0. The number of hydrogen-bond donors (Lipinski definition) is 3. The summed E-state index contributed by atoms with van der Waals surface area (Å²) in [5.41, 5.74) is 6.32. The molecule has 1 atom stereocenters. The fourth-order valence-corrected chi connectivity index (χ4v) is 2.86. The lowest BCUT2D eigenvalue weighted by Gasteiger charge is -2.21. The number of nitrogens with one attached hydrogen (secondary N) is 3. The number of carbonyl (C=O) groups is 2. The van der Waals surface area contributed by atoms with Gasteiger partial charge < -0.3 is 10.2 Å². The van der Waals surface area contributed by atoms with Crippen molar-refractivity contribution in [2.75, 3.05) is 24.5 Å². The summed E-state index contributed by atoms with van der Waals surface area (Å²) in [6, 6.07) is 9.84. The standard InChI is InChI=1S/C21H26F2N4O2/c1-4-27(5-2)17-9-6-15(7-10-17)21(29)26-25-20(28)13-24-14(3)18-11-8-16(22)12-19(18)23/h6-12,14,24H,4-5,13H2,1-3H3,(H,25,28)(H,26,29)/t14-/m1/s1. The Kier molecular flexibility index (Phi) is 8.09. The summed E-state index contributed by atoms with van der Waals surface area (Å²) in [6.07, 6.45) is 0. The molecule has 0 saturated carbocycles. The molecule has 0 aromatic heterocycles. The van der Waals surface area contributed by atoms with Crippen molar-refractivity contribution in [1.82, 2.24) is 16.2 Å². The number of amides is 2. The molecule has 0 radical (unpaired) electrons. The van der Waals surface area contributed by atoms with Crippen molar-refractivity contribution < 1.29 is 18.4 Å². The highest BCUT2D eigenvalue weighted by atomic mass is 19.1. The number of halogens is 2. The first-order valence-electron chi connectivity index (χ1n) is 9.48. The van der Waals surface area contributed by atoms with E-state index in [1.807, 2.05) is 12.1 Å². The number of rotatable bonds is 8. The van der Waals surface area contributed by atoms with E-state index in [9.17, 15) is 18.4 Å². The van der Waals surface area contributed by atoms with E-state index in [2.05, 4.69) is 34.9 Å². The van der Waals surface area contributed by atoms with Crippen molar-refractivity contribution in [2.24, 2.45) is 0 Å². The topological polar surface area (TPSA) is 73.5 Å². The monoisotopic (exact) mass is 404 g/mol. The highest BCUT2D eigenvalue weighted by Gasteiger charge is 2.13. The molecule has 8 heteroatoms. The van der Waals surface area contributed by atoms with Crippen LogP contribution in [0.4, 0.5) is 14.5 Å². The Balaban J connectivity index is 1.81. The van der Waals surface area contributed by atoms with Gasteiger partial charge >= 0.3 is 0 Å². The first kappa shape index (κ1) is 22.3. The Morgan fingerprint density at radius 1 is 1.00 bits per heavy atom. The fourth-order valence-electron chi connectivity index (χ4n) is 2.86. The third kappa shape index (κ3) is 6.25. The molecule has 0 saturated heterocycles. The van der Waals surface area contributed by atoms with Crippen LogP contribution in [0.25, 0.3) is 0 Å². The first-order valence-corrected chi connectivity index (χ1v) is 9.48. The second-order valence-corrected chi connectivity index (χ2v) is 6.49. The smallest absolute Gasteiger partial charge is 0.269 e. The van der Waals surface area contributed by atoms with Crippen molar-refractivity contribution >= 4 is 17.5 Å². The molecule has 0 unspecified atom stereocenters. The maximum atomic E-state index is 13.8. The van der Waals surface area contributed by atoms with Crippen LogP contribution in [0, 0.1) is 11.6 Å². The molecule has 0 aliphatic heterocycles. The average Bonchev–Trinajstić information content (AvgIpc) is 2.71. The second kappa shape index (κ2) is 10.5. The number of anilines is 1. The Bertz CT molecular complexity index is 839. The van der Waals surface area contributed by atoms with Gasteiger partial charge in [0, 0.05) is 42.0 Å². The van der Waals surface area contributed by atoms with Crippen LogP contribution in [0.3, 0.4) is 0 Å². The van der Waals surface area contributed by atoms with Crippen molar-refractivity contribution in [3.8, 4) is 0 Å². The number of carbonyl (C=O) groups excluding carboxylic acids is 2. The number of benzene rings is 2. The first-order chi connectivity index (χ1) is 13.8. The molecule has 2 aromatic carbocycles. The molecule has 156 valence electrons. The molecule has 2 aromatic rings. The molecule has 6 nitrogen and oxygen atoms in total. The predicted molar refractivity (Wildman–Crippen MR) is 108 cm³/mol. The maximum absolute atomic E-state index is 13.8. The van der Waals surface area contributed by atoms with E-state index in [0.717, 1.165) is 30.9 Å². The van der Waals surface area contributed by atoms with Gasteiger partial charge in [0.25, 0.3) is 11.8 Å². The van der Waals surface area contributed by atoms with Crippen LogP contribution in [-0.2, 0) is 4.79 Å². The molecule has 0 bridgehead atoms. The van der Waals surface area contributed by atoms with Gasteiger partial charge in [0.2, 0.25) is 0 Å². The normalized spacial score (nSPS) is 11.6. The molecule has 0 heterocycles. The lowest BCUT2D eigenvalue weighted by atomic mass is 10.1. The zero-order valence-corrected chi connectivity index (χ0v) is 16.8. The number of hydrazine groups is 1. The van der Waals surface area contributed by atoms with Gasteiger partial charge in [0.1, 0.15) is 11.6 Å². The van der Waals surface area contributed by atoms with E-state index in [1.54, 1.807) is 19.1 Å². The fraction of sp³-hybridized carbons (Fsp3) is 0.333. The van der Waals surface area contributed by atoms with Gasteiger partial charge in [-0.3, -0.25) is 20.4 Å². The van der Waals surface area contributed by atoms with E-state index < -0.39 is 29.5 Å². The van der Waals surface area contributed by atoms with E-state index >= 15 is 0 Å². The number of hydrogen-bond acceptors (Lipinski definition) is 4. The molecule has 2 amide bonds. The van der Waals surface area contributed by atoms with Crippen molar-refractivity contribution in [3.05, 3.63) is 65.2 Å². The molecule has 3 N–H and O–H groups in total. The third-order valence-corrected chi connectivity index (χ3v) is 4.57. The van der Waals surface area contributed by atoms with Crippen LogP contribution in [0.1, 0.15) is 42.7 Å². The molecule has 0 fully saturated rings. The minimum atomic E-state index is -0.688. The Morgan fingerprint density at radius 2 is 1.66 bits per heavy atom. The summed E-state index contributed by atoms with van der Waals surface area (Å²) in [5.74, 6) is -2.29. The van der Waals surface area contributed by atoms with Crippen LogP contribution < -0.4 is 21.1 Å². The largest absolute Gasteiger partial charge is 0.372 e. The molecule has 0 spiro atoms. The SMILES string of the molecule is CCN(CC)c1ccc(C(=O)NNC(=O)CN[C@H](C)c2ccc(F)cc2F)cc1. The van der Waals surface area contributed by atoms with Gasteiger partial charge in [-0.1, -0.05) is 6.07 Å². The van der Waals surface area contributed by atoms with E-state index in [0.29, 0.717) is 5.56 Å². The molecule has 29 heavy (non-hydrogen) atoms. The molecule has 0 aliphatic carbocycles. The van der Waals surface area contributed by atoms with Gasteiger partial charge in [0.05, 0.1) is 6.54 Å². The molecular weight excluding hydrogens is 378 g/mol. The Hall–Kier alpha value is -3.00. The Morgan fingerprint density at radius 3 is 2.24 bits per heavy atom. The van der Waals surface area contributed by atoms with Crippen molar-refractivity contribution in [2.45, 2.75) is 26.8 Å². The van der Waals surface area contributed by atoms with Crippen LogP contribution in [0.5, 0.6) is 0 Å². The van der Waals surface area contributed by atoms with Gasteiger partial charge in [-0.15, -0.1) is 0 Å². The summed E-state index contributed by atoms with van der Waals surface area (Å²) < 4.78 is 26.7. The van der Waals surface area contributed by atoms with Gasteiger partial charge in [0.15, 0.2) is 0 Å². The van der Waals surface area contributed by atoms with Crippen molar-refractivity contribution in [3.63, 3.8) is 0 Å². The lowest BCUT2D eigenvalue weighted by molar-refractivity contribution is -0.121. The highest BCUT2D eigenvalue weighted by Crippen LogP contribution is 2.17. The minimum absolute atomic E-state index is 0.154. The molecular formula is C21H26F2N4O2. The van der Waals surface area contributed by atoms with Crippen molar-refractivity contribution in [1.29, 1.82) is 0 Å². The average molecular weight is 404 g/mol. The lowest BCUT2D eigenvalue weighted by Crippen LogP contribution is -2.45. The quantitative estimate of drug-likeness (QED) is 0.592. The second-order valence-electron chi connectivity index (χ2n) is 6.49. The van der Waals surface area contributed by atoms with Crippen LogP contribution in [0.15, 0.2) is 42.5 Å². The summed E-state index contributed by atoms with van der Waals surface area (Å²) in [7, 11) is 0. The van der Waals surface area contributed by atoms with E-state index in [1.165, 1.54) is 6.07 Å². The van der Waals surface area contributed by atoms with Crippen LogP contribution in [-0.4, -0.2) is 31.4 Å². The van der Waals surface area contributed by atoms with Gasteiger partial charge in [-0.25, -0.2) is 8.78 Å². The zero-order chi connectivity index (χ0) is 21.4. The maximum Gasteiger partial charge on any atom is 0.269 e. The minimum Gasteiger partial charge on any atom is -0.372 e.